The fourth-order valence-electron chi connectivity index (χ4n) is 4.39. The van der Waals surface area contributed by atoms with Gasteiger partial charge in [0.25, 0.3) is 5.91 Å². The number of rotatable bonds is 4. The summed E-state index contributed by atoms with van der Waals surface area (Å²) in [5.41, 5.74) is 7.76. The number of sulfonamides is 1. The number of hydrogen-bond acceptors (Lipinski definition) is 4. The van der Waals surface area contributed by atoms with Crippen LogP contribution in [-0.4, -0.2) is 32.7 Å². The van der Waals surface area contributed by atoms with Crippen LogP contribution in [0.2, 0.25) is 0 Å². The lowest BCUT2D eigenvalue weighted by atomic mass is 9.67. The quantitative estimate of drug-likeness (QED) is 0.721. The lowest BCUT2D eigenvalue weighted by Gasteiger charge is -2.45. The number of fused-ring (bicyclic) bond motifs is 2. The van der Waals surface area contributed by atoms with Crippen molar-refractivity contribution in [3.8, 4) is 0 Å². The van der Waals surface area contributed by atoms with Crippen LogP contribution in [-0.2, 0) is 10.0 Å². The Morgan fingerprint density at radius 1 is 1.19 bits per heavy atom. The first-order valence-electron chi connectivity index (χ1n) is 8.88. The van der Waals surface area contributed by atoms with E-state index in [1.165, 1.54) is 6.42 Å². The highest BCUT2D eigenvalue weighted by Crippen LogP contribution is 2.39. The topological polar surface area (TPSA) is 101 Å². The van der Waals surface area contributed by atoms with Gasteiger partial charge >= 0.3 is 0 Å². The molecule has 0 heterocycles. The molecule has 1 aromatic rings. The molecule has 2 aliphatic rings. The van der Waals surface area contributed by atoms with Gasteiger partial charge in [-0.15, -0.1) is 12.4 Å². The number of carbonyl (C=O) groups excluding carboxylic acids is 1. The fourth-order valence-corrected chi connectivity index (χ4v) is 4.97. The maximum absolute atomic E-state index is 12.9. The van der Waals surface area contributed by atoms with E-state index in [9.17, 15) is 13.2 Å². The van der Waals surface area contributed by atoms with E-state index in [0.717, 1.165) is 37.5 Å². The highest BCUT2D eigenvalue weighted by molar-refractivity contribution is 7.92. The number of hydrogen-bond donors (Lipinski definition) is 3. The summed E-state index contributed by atoms with van der Waals surface area (Å²) in [4.78, 5) is 12.9. The molecule has 0 spiro atoms. The van der Waals surface area contributed by atoms with Crippen molar-refractivity contribution in [2.24, 2.45) is 17.6 Å². The van der Waals surface area contributed by atoms with Crippen LogP contribution in [0.4, 0.5) is 5.69 Å². The maximum atomic E-state index is 12.9. The van der Waals surface area contributed by atoms with Gasteiger partial charge in [0.1, 0.15) is 0 Å². The Labute approximate surface area is 161 Å². The zero-order chi connectivity index (χ0) is 18.2. The molecule has 2 saturated carbocycles. The molecule has 6 nitrogen and oxygen atoms in total. The van der Waals surface area contributed by atoms with Crippen molar-refractivity contribution in [1.82, 2.24) is 5.32 Å². The molecule has 0 aliphatic heterocycles. The highest BCUT2D eigenvalue weighted by Gasteiger charge is 2.40. The first kappa shape index (κ1) is 21.0. The summed E-state index contributed by atoms with van der Waals surface area (Å²) < 4.78 is 25.6. The maximum Gasteiger partial charge on any atom is 0.253 e. The molecule has 0 saturated heterocycles. The summed E-state index contributed by atoms with van der Waals surface area (Å²) in [6.07, 6.45) is 6.36. The SMILES string of the molecule is Cc1ccc(NS(C)(=O)=O)c(C(=O)NC2C3CCCC2CC(N)C3)c1.Cl. The van der Waals surface area contributed by atoms with E-state index in [2.05, 4.69) is 10.0 Å². The zero-order valence-electron chi connectivity index (χ0n) is 15.2. The van der Waals surface area contributed by atoms with Crippen LogP contribution >= 0.6 is 12.4 Å². The highest BCUT2D eigenvalue weighted by atomic mass is 35.5. The number of nitrogens with one attached hydrogen (secondary N) is 2. The van der Waals surface area contributed by atoms with E-state index in [0.29, 0.717) is 23.1 Å². The Balaban J connectivity index is 0.00000243. The van der Waals surface area contributed by atoms with Gasteiger partial charge in [0.2, 0.25) is 10.0 Å². The van der Waals surface area contributed by atoms with Gasteiger partial charge in [-0.05, 0) is 56.6 Å². The van der Waals surface area contributed by atoms with Crippen LogP contribution in [0.1, 0.15) is 48.0 Å². The molecule has 2 bridgehead atoms. The number of benzene rings is 1. The van der Waals surface area contributed by atoms with Crippen LogP contribution in [0.25, 0.3) is 0 Å². The molecule has 1 amide bonds. The predicted octanol–water partition coefficient (Wildman–Crippen LogP) is 2.42. The lowest BCUT2D eigenvalue weighted by Crippen LogP contribution is -2.53. The van der Waals surface area contributed by atoms with E-state index in [-0.39, 0.29) is 30.4 Å². The van der Waals surface area contributed by atoms with Gasteiger partial charge in [-0.3, -0.25) is 9.52 Å². The third kappa shape index (κ3) is 4.90. The molecule has 4 N–H and O–H groups in total. The predicted molar refractivity (Wildman–Crippen MR) is 106 cm³/mol. The van der Waals surface area contributed by atoms with Gasteiger partial charge in [-0.2, -0.15) is 0 Å². The molecular weight excluding hydrogens is 374 g/mol. The average molecular weight is 402 g/mol. The molecule has 3 rings (SSSR count). The summed E-state index contributed by atoms with van der Waals surface area (Å²) in [5, 5.41) is 3.18. The van der Waals surface area contributed by atoms with E-state index in [1.807, 2.05) is 6.92 Å². The number of carbonyl (C=O) groups is 1. The minimum Gasteiger partial charge on any atom is -0.349 e. The standard InChI is InChI=1S/C18H27N3O3S.ClH/c1-11-6-7-16(21-25(2,23)24)15(8-11)18(22)20-17-12-4-3-5-13(17)10-14(19)9-12;/h6-8,12-14,17,21H,3-5,9-10,19H2,1-2H3,(H,20,22);1H. The molecule has 2 fully saturated rings. The van der Waals surface area contributed by atoms with Gasteiger partial charge in [0.05, 0.1) is 17.5 Å². The van der Waals surface area contributed by atoms with Gasteiger partial charge < -0.3 is 11.1 Å². The molecule has 146 valence electrons. The Morgan fingerprint density at radius 2 is 1.81 bits per heavy atom. The van der Waals surface area contributed by atoms with Crippen molar-refractivity contribution in [2.75, 3.05) is 11.0 Å². The van der Waals surface area contributed by atoms with Crippen molar-refractivity contribution >= 4 is 34.0 Å². The average Bonchev–Trinajstić information content (AvgIpc) is 2.48. The zero-order valence-corrected chi connectivity index (χ0v) is 16.8. The smallest absolute Gasteiger partial charge is 0.253 e. The van der Waals surface area contributed by atoms with Crippen molar-refractivity contribution in [1.29, 1.82) is 0 Å². The first-order valence-corrected chi connectivity index (χ1v) is 10.8. The second-order valence-electron chi connectivity index (χ2n) is 7.61. The Bertz CT molecular complexity index is 755. The number of nitrogens with two attached hydrogens (primary N) is 1. The minimum absolute atomic E-state index is 0. The van der Waals surface area contributed by atoms with Gasteiger partial charge in [0, 0.05) is 12.1 Å². The van der Waals surface area contributed by atoms with Gasteiger partial charge in [-0.25, -0.2) is 8.42 Å². The van der Waals surface area contributed by atoms with Crippen molar-refractivity contribution in [3.63, 3.8) is 0 Å². The Kier molecular flexibility index (Phi) is 6.58. The fraction of sp³-hybridized carbons (Fsp3) is 0.611. The Morgan fingerprint density at radius 3 is 2.38 bits per heavy atom. The largest absolute Gasteiger partial charge is 0.349 e. The number of amides is 1. The second-order valence-corrected chi connectivity index (χ2v) is 9.35. The van der Waals surface area contributed by atoms with Crippen LogP contribution in [0.3, 0.4) is 0 Å². The van der Waals surface area contributed by atoms with E-state index in [4.69, 9.17) is 5.73 Å². The Hall–Kier alpha value is -1.31. The van der Waals surface area contributed by atoms with Crippen molar-refractivity contribution in [3.05, 3.63) is 29.3 Å². The normalized spacial score (nSPS) is 28.0. The van der Waals surface area contributed by atoms with Crippen LogP contribution in [0, 0.1) is 18.8 Å². The second kappa shape index (κ2) is 8.15. The molecule has 0 aromatic heterocycles. The van der Waals surface area contributed by atoms with Crippen molar-refractivity contribution < 1.29 is 13.2 Å². The van der Waals surface area contributed by atoms with Gasteiger partial charge in [0.15, 0.2) is 0 Å². The molecule has 0 radical (unpaired) electrons. The summed E-state index contributed by atoms with van der Waals surface area (Å²) in [7, 11) is -3.45. The van der Waals surface area contributed by atoms with Crippen LogP contribution in [0.15, 0.2) is 18.2 Å². The third-order valence-corrected chi connectivity index (χ3v) is 5.98. The van der Waals surface area contributed by atoms with E-state index in [1.54, 1.807) is 18.2 Å². The summed E-state index contributed by atoms with van der Waals surface area (Å²) in [5.74, 6) is 0.623. The summed E-state index contributed by atoms with van der Waals surface area (Å²) in [6, 6.07) is 5.52. The third-order valence-electron chi connectivity index (χ3n) is 5.39. The first-order chi connectivity index (χ1) is 11.7. The minimum atomic E-state index is -3.45. The molecule has 26 heavy (non-hydrogen) atoms. The number of aryl methyl sites for hydroxylation is 1. The van der Waals surface area contributed by atoms with E-state index >= 15 is 0 Å². The van der Waals surface area contributed by atoms with Gasteiger partial charge in [-0.1, -0.05) is 18.1 Å². The van der Waals surface area contributed by atoms with Crippen LogP contribution in [0.5, 0.6) is 0 Å². The lowest BCUT2D eigenvalue weighted by molar-refractivity contribution is 0.0756. The molecule has 8 heteroatoms. The summed E-state index contributed by atoms with van der Waals surface area (Å²) in [6.45, 7) is 1.88. The molecule has 2 aliphatic carbocycles. The molecule has 1 aromatic carbocycles. The van der Waals surface area contributed by atoms with Crippen LogP contribution < -0.4 is 15.8 Å². The number of anilines is 1. The van der Waals surface area contributed by atoms with E-state index < -0.39 is 10.0 Å². The molecule has 2 unspecified atom stereocenters. The molecular formula is C18H28ClN3O3S. The molecule has 2 atom stereocenters. The summed E-state index contributed by atoms with van der Waals surface area (Å²) >= 11 is 0. The monoisotopic (exact) mass is 401 g/mol. The van der Waals surface area contributed by atoms with Crippen molar-refractivity contribution in [2.45, 2.75) is 51.1 Å². The number of halogens is 1.